The molecule has 0 fully saturated rings. The third-order valence-corrected chi connectivity index (χ3v) is 6.10. The summed E-state index contributed by atoms with van der Waals surface area (Å²) in [7, 11) is 1.96. The first kappa shape index (κ1) is 21.0. The maximum atomic E-state index is 12.9. The lowest BCUT2D eigenvalue weighted by molar-refractivity contribution is -0.117. The Morgan fingerprint density at radius 2 is 1.76 bits per heavy atom. The molecule has 0 radical (unpaired) electrons. The smallest absolute Gasteiger partial charge is 0.257 e. The topological polar surface area (TPSA) is 79.9 Å². The van der Waals surface area contributed by atoms with E-state index in [4.69, 9.17) is 9.47 Å². The summed E-state index contributed by atoms with van der Waals surface area (Å²) < 4.78 is 10.7. The van der Waals surface area contributed by atoms with Crippen LogP contribution in [0.15, 0.2) is 66.7 Å². The minimum Gasteiger partial charge on any atom is -0.454 e. The maximum absolute atomic E-state index is 12.9. The second-order valence-corrected chi connectivity index (χ2v) is 8.28. The Kier molecular flexibility index (Phi) is 5.71. The van der Waals surface area contributed by atoms with Crippen molar-refractivity contribution in [3.05, 3.63) is 83.4 Å². The number of benzene rings is 3. The van der Waals surface area contributed by atoms with E-state index in [1.165, 1.54) is 11.1 Å². The van der Waals surface area contributed by atoms with Crippen molar-refractivity contribution in [3.8, 4) is 11.5 Å². The molecule has 2 aliphatic rings. The molecule has 0 bridgehead atoms. The number of para-hydroxylation sites is 1. The molecule has 0 unspecified atom stereocenters. The molecule has 2 amide bonds. The summed E-state index contributed by atoms with van der Waals surface area (Å²) in [5.41, 5.74) is 4.08. The lowest BCUT2D eigenvalue weighted by atomic mass is 10.1. The fourth-order valence-corrected chi connectivity index (χ4v) is 4.48. The van der Waals surface area contributed by atoms with Gasteiger partial charge in [0, 0.05) is 17.8 Å². The predicted octanol–water partition coefficient (Wildman–Crippen LogP) is 4.23. The highest BCUT2D eigenvalue weighted by molar-refractivity contribution is 6.10. The number of nitrogens with one attached hydrogen (secondary N) is 2. The second kappa shape index (κ2) is 8.96. The number of likely N-dealkylation sites (N-methyl/N-ethyl adjacent to an activating group) is 1. The lowest BCUT2D eigenvalue weighted by Crippen LogP contribution is -2.33. The highest BCUT2D eigenvalue weighted by atomic mass is 16.7. The summed E-state index contributed by atoms with van der Waals surface area (Å²) in [4.78, 5) is 27.8. The molecule has 1 heterocycles. The Morgan fingerprint density at radius 3 is 2.67 bits per heavy atom. The molecule has 0 saturated heterocycles. The molecule has 1 aliphatic heterocycles. The molecular weight excluding hydrogens is 418 g/mol. The molecule has 3 aromatic carbocycles. The number of amides is 2. The van der Waals surface area contributed by atoms with Crippen LogP contribution in [0.25, 0.3) is 0 Å². The van der Waals surface area contributed by atoms with Crippen molar-refractivity contribution in [3.63, 3.8) is 0 Å². The predicted molar refractivity (Wildman–Crippen MR) is 126 cm³/mol. The minimum atomic E-state index is -0.317. The molecule has 3 aromatic rings. The van der Waals surface area contributed by atoms with E-state index in [2.05, 4.69) is 33.7 Å². The van der Waals surface area contributed by atoms with E-state index in [1.54, 1.807) is 42.5 Å². The molecule has 5 rings (SSSR count). The van der Waals surface area contributed by atoms with Gasteiger partial charge < -0.3 is 20.1 Å². The van der Waals surface area contributed by atoms with Gasteiger partial charge in [-0.15, -0.1) is 0 Å². The van der Waals surface area contributed by atoms with E-state index in [0.29, 0.717) is 28.4 Å². The lowest BCUT2D eigenvalue weighted by Gasteiger charge is -2.24. The number of ether oxygens (including phenoxy) is 2. The molecule has 0 aromatic heterocycles. The van der Waals surface area contributed by atoms with Crippen molar-refractivity contribution in [2.24, 2.45) is 0 Å². The zero-order valence-corrected chi connectivity index (χ0v) is 18.3. The minimum absolute atomic E-state index is 0.162. The molecule has 7 nitrogen and oxygen atoms in total. The number of aryl methyl sites for hydroxylation is 1. The summed E-state index contributed by atoms with van der Waals surface area (Å²) >= 11 is 0. The van der Waals surface area contributed by atoms with Crippen LogP contribution in [0, 0.1) is 0 Å². The van der Waals surface area contributed by atoms with Crippen LogP contribution in [0.1, 0.15) is 33.9 Å². The number of anilines is 2. The Morgan fingerprint density at radius 1 is 0.970 bits per heavy atom. The number of hydrogen-bond donors (Lipinski definition) is 2. The highest BCUT2D eigenvalue weighted by Gasteiger charge is 2.26. The van der Waals surface area contributed by atoms with Crippen molar-refractivity contribution >= 4 is 23.2 Å². The van der Waals surface area contributed by atoms with E-state index in [0.717, 1.165) is 12.8 Å². The number of carbonyl (C=O) groups is 2. The van der Waals surface area contributed by atoms with Crippen molar-refractivity contribution in [1.29, 1.82) is 0 Å². The molecule has 1 atom stereocenters. The Hall–Kier alpha value is -3.84. The summed E-state index contributed by atoms with van der Waals surface area (Å²) in [6.07, 6.45) is 2.02. The highest BCUT2D eigenvalue weighted by Crippen LogP contribution is 2.35. The molecule has 1 aliphatic carbocycles. The summed E-state index contributed by atoms with van der Waals surface area (Å²) in [6.45, 7) is 0.402. The van der Waals surface area contributed by atoms with Crippen LogP contribution in [-0.2, 0) is 11.2 Å². The first-order valence-electron chi connectivity index (χ1n) is 11.0. The molecule has 2 N–H and O–H groups in total. The molecule has 0 saturated carbocycles. The first-order valence-corrected chi connectivity index (χ1v) is 11.0. The third-order valence-electron chi connectivity index (χ3n) is 6.10. The average molecular weight is 444 g/mol. The first-order chi connectivity index (χ1) is 16.1. The quantitative estimate of drug-likeness (QED) is 0.596. The van der Waals surface area contributed by atoms with Crippen LogP contribution in [0.2, 0.25) is 0 Å². The molecule has 33 heavy (non-hydrogen) atoms. The van der Waals surface area contributed by atoms with Crippen LogP contribution < -0.4 is 20.1 Å². The van der Waals surface area contributed by atoms with Crippen LogP contribution >= 0.6 is 0 Å². The van der Waals surface area contributed by atoms with E-state index >= 15 is 0 Å². The van der Waals surface area contributed by atoms with Crippen LogP contribution in [-0.4, -0.2) is 37.1 Å². The van der Waals surface area contributed by atoms with E-state index in [1.807, 2.05) is 13.1 Å². The van der Waals surface area contributed by atoms with E-state index in [9.17, 15) is 9.59 Å². The molecular formula is C26H25N3O4. The number of rotatable bonds is 6. The van der Waals surface area contributed by atoms with E-state index in [-0.39, 0.29) is 31.2 Å². The van der Waals surface area contributed by atoms with Crippen molar-refractivity contribution in [1.82, 2.24) is 4.90 Å². The van der Waals surface area contributed by atoms with Gasteiger partial charge in [-0.3, -0.25) is 14.5 Å². The molecule has 168 valence electrons. The van der Waals surface area contributed by atoms with Crippen molar-refractivity contribution < 1.29 is 19.1 Å². The number of fused-ring (bicyclic) bond motifs is 2. The van der Waals surface area contributed by atoms with Gasteiger partial charge in [0.25, 0.3) is 5.91 Å². The van der Waals surface area contributed by atoms with Crippen LogP contribution in [0.4, 0.5) is 11.4 Å². The van der Waals surface area contributed by atoms with Crippen molar-refractivity contribution in [2.45, 2.75) is 18.9 Å². The van der Waals surface area contributed by atoms with E-state index < -0.39 is 0 Å². The Labute approximate surface area is 192 Å². The fraction of sp³-hybridized carbons (Fsp3) is 0.231. The van der Waals surface area contributed by atoms with Gasteiger partial charge >= 0.3 is 0 Å². The zero-order valence-electron chi connectivity index (χ0n) is 18.3. The number of nitrogens with zero attached hydrogens (tertiary/aromatic N) is 1. The normalized spacial score (nSPS) is 15.9. The standard InChI is InChI=1S/C26H25N3O4/c1-29(22-12-10-17-6-2-3-7-19(17)22)15-25(30)28-21-9-5-4-8-20(21)26(31)27-18-11-13-23-24(14-18)33-16-32-23/h2-9,11,13-14,22H,10,12,15-16H2,1H3,(H,27,31)(H,28,30)/t22-/m1/s1. The SMILES string of the molecule is CN(CC(=O)Nc1ccccc1C(=O)Nc1ccc2c(c1)OCO2)[C@@H]1CCc2ccccc21. The Bertz CT molecular complexity index is 1210. The van der Waals surface area contributed by atoms with Gasteiger partial charge in [0.15, 0.2) is 11.5 Å². The monoisotopic (exact) mass is 443 g/mol. The summed E-state index contributed by atoms with van der Waals surface area (Å²) in [5, 5.41) is 5.77. The number of carbonyl (C=O) groups excluding carboxylic acids is 2. The van der Waals surface area contributed by atoms with Gasteiger partial charge in [0.2, 0.25) is 12.7 Å². The molecule has 7 heteroatoms. The average Bonchev–Trinajstić information content (AvgIpc) is 3.46. The molecule has 0 spiro atoms. The van der Waals surface area contributed by atoms with Gasteiger partial charge in [-0.1, -0.05) is 36.4 Å². The number of hydrogen-bond acceptors (Lipinski definition) is 5. The van der Waals surface area contributed by atoms with Gasteiger partial charge in [-0.2, -0.15) is 0 Å². The summed E-state index contributed by atoms with van der Waals surface area (Å²) in [6, 6.07) is 20.8. The van der Waals surface area contributed by atoms with Gasteiger partial charge in [0.05, 0.1) is 17.8 Å². The largest absolute Gasteiger partial charge is 0.454 e. The Balaban J connectivity index is 1.25. The van der Waals surface area contributed by atoms with Crippen molar-refractivity contribution in [2.75, 3.05) is 31.0 Å². The summed E-state index contributed by atoms with van der Waals surface area (Å²) in [5.74, 6) is 0.758. The fourth-order valence-electron chi connectivity index (χ4n) is 4.48. The van der Waals surface area contributed by atoms with Gasteiger partial charge in [-0.25, -0.2) is 0 Å². The van der Waals surface area contributed by atoms with Crippen LogP contribution in [0.3, 0.4) is 0 Å². The van der Waals surface area contributed by atoms with Gasteiger partial charge in [0.1, 0.15) is 0 Å². The van der Waals surface area contributed by atoms with Gasteiger partial charge in [-0.05, 0) is 55.3 Å². The maximum Gasteiger partial charge on any atom is 0.257 e. The zero-order chi connectivity index (χ0) is 22.8. The van der Waals surface area contributed by atoms with Crippen LogP contribution in [0.5, 0.6) is 11.5 Å². The second-order valence-electron chi connectivity index (χ2n) is 8.28. The third kappa shape index (κ3) is 4.40.